The predicted octanol–water partition coefficient (Wildman–Crippen LogP) is 4.77. The standard InChI is InChI=1S/C21H17ClN2O2/c22-18-12-11-16(21(26)23-17-9-5-2-6-10-17)14-19(18)24-20(25)13-15-7-3-1-4-8-15/h1-12,14H,13H2,(H,23,26)(H,24,25). The molecule has 0 fully saturated rings. The van der Waals surface area contributed by atoms with Crippen LogP contribution in [0.15, 0.2) is 78.9 Å². The summed E-state index contributed by atoms with van der Waals surface area (Å²) in [6.45, 7) is 0. The molecular formula is C21H17ClN2O2. The van der Waals surface area contributed by atoms with Crippen molar-refractivity contribution in [2.45, 2.75) is 6.42 Å². The summed E-state index contributed by atoms with van der Waals surface area (Å²) in [7, 11) is 0. The minimum absolute atomic E-state index is 0.196. The van der Waals surface area contributed by atoms with Gasteiger partial charge in [-0.15, -0.1) is 0 Å². The molecule has 0 bridgehead atoms. The Balaban J connectivity index is 1.71. The molecule has 4 nitrogen and oxygen atoms in total. The summed E-state index contributed by atoms with van der Waals surface area (Å²) in [5.74, 6) is -0.467. The van der Waals surface area contributed by atoms with Crippen LogP contribution >= 0.6 is 11.6 Å². The van der Waals surface area contributed by atoms with Crippen molar-refractivity contribution >= 4 is 34.8 Å². The van der Waals surface area contributed by atoms with E-state index >= 15 is 0 Å². The molecule has 0 aliphatic rings. The van der Waals surface area contributed by atoms with Crippen LogP contribution < -0.4 is 10.6 Å². The van der Waals surface area contributed by atoms with Gasteiger partial charge in [-0.1, -0.05) is 60.1 Å². The lowest BCUT2D eigenvalue weighted by atomic mass is 10.1. The Morgan fingerprint density at radius 3 is 2.15 bits per heavy atom. The highest BCUT2D eigenvalue weighted by Crippen LogP contribution is 2.24. The van der Waals surface area contributed by atoms with Crippen molar-refractivity contribution in [2.24, 2.45) is 0 Å². The van der Waals surface area contributed by atoms with Gasteiger partial charge >= 0.3 is 0 Å². The molecule has 0 atom stereocenters. The number of benzene rings is 3. The van der Waals surface area contributed by atoms with Gasteiger partial charge in [0.15, 0.2) is 0 Å². The molecule has 3 aromatic rings. The number of rotatable bonds is 5. The number of para-hydroxylation sites is 1. The van der Waals surface area contributed by atoms with Crippen molar-refractivity contribution in [1.82, 2.24) is 0 Å². The lowest BCUT2D eigenvalue weighted by Crippen LogP contribution is -2.16. The molecule has 0 heterocycles. The van der Waals surface area contributed by atoms with E-state index in [1.54, 1.807) is 30.3 Å². The Bertz CT molecular complexity index is 912. The second-order valence-electron chi connectivity index (χ2n) is 5.73. The number of hydrogen-bond acceptors (Lipinski definition) is 2. The van der Waals surface area contributed by atoms with E-state index in [4.69, 9.17) is 11.6 Å². The number of carbonyl (C=O) groups excluding carboxylic acids is 2. The molecule has 0 aromatic heterocycles. The Hall–Kier alpha value is -3.11. The quantitative estimate of drug-likeness (QED) is 0.684. The molecule has 2 amide bonds. The molecule has 3 aromatic carbocycles. The maximum atomic E-state index is 12.4. The van der Waals surface area contributed by atoms with Crippen LogP contribution in [-0.4, -0.2) is 11.8 Å². The summed E-state index contributed by atoms with van der Waals surface area (Å²) < 4.78 is 0. The van der Waals surface area contributed by atoms with E-state index in [0.717, 1.165) is 5.56 Å². The molecule has 26 heavy (non-hydrogen) atoms. The Kier molecular flexibility index (Phi) is 5.66. The third kappa shape index (κ3) is 4.71. The van der Waals surface area contributed by atoms with E-state index in [0.29, 0.717) is 22.0 Å². The Morgan fingerprint density at radius 1 is 0.808 bits per heavy atom. The third-order valence-corrected chi connectivity index (χ3v) is 4.07. The van der Waals surface area contributed by atoms with Crippen LogP contribution in [-0.2, 0) is 11.2 Å². The van der Waals surface area contributed by atoms with Gasteiger partial charge in [0.05, 0.1) is 17.1 Å². The molecule has 3 rings (SSSR count). The zero-order valence-electron chi connectivity index (χ0n) is 13.9. The van der Waals surface area contributed by atoms with Crippen molar-refractivity contribution in [3.63, 3.8) is 0 Å². The smallest absolute Gasteiger partial charge is 0.255 e. The fourth-order valence-corrected chi connectivity index (χ4v) is 2.63. The van der Waals surface area contributed by atoms with Crippen LogP contribution in [0, 0.1) is 0 Å². The molecule has 0 aliphatic carbocycles. The lowest BCUT2D eigenvalue weighted by molar-refractivity contribution is -0.115. The number of hydrogen-bond donors (Lipinski definition) is 2. The van der Waals surface area contributed by atoms with Gasteiger partial charge in [0, 0.05) is 11.3 Å². The van der Waals surface area contributed by atoms with Gasteiger partial charge in [-0.25, -0.2) is 0 Å². The summed E-state index contributed by atoms with van der Waals surface area (Å²) in [6.07, 6.45) is 0.234. The van der Waals surface area contributed by atoms with Gasteiger partial charge in [0.1, 0.15) is 0 Å². The van der Waals surface area contributed by atoms with Gasteiger partial charge in [-0.2, -0.15) is 0 Å². The number of carbonyl (C=O) groups is 2. The van der Waals surface area contributed by atoms with E-state index in [9.17, 15) is 9.59 Å². The molecule has 2 N–H and O–H groups in total. The molecule has 130 valence electrons. The first-order valence-corrected chi connectivity index (χ1v) is 8.49. The summed E-state index contributed by atoms with van der Waals surface area (Å²) in [5, 5.41) is 5.95. The minimum Gasteiger partial charge on any atom is -0.324 e. The molecule has 0 unspecified atom stereocenters. The number of anilines is 2. The zero-order valence-corrected chi connectivity index (χ0v) is 14.7. The van der Waals surface area contributed by atoms with E-state index < -0.39 is 0 Å². The van der Waals surface area contributed by atoms with Crippen LogP contribution in [0.4, 0.5) is 11.4 Å². The van der Waals surface area contributed by atoms with Gasteiger partial charge in [-0.05, 0) is 35.9 Å². The average Bonchev–Trinajstić information content (AvgIpc) is 2.65. The number of amides is 2. The third-order valence-electron chi connectivity index (χ3n) is 3.74. The topological polar surface area (TPSA) is 58.2 Å². The molecule has 0 aliphatic heterocycles. The molecule has 0 radical (unpaired) electrons. The van der Waals surface area contributed by atoms with Crippen LogP contribution in [0.1, 0.15) is 15.9 Å². The first kappa shape index (κ1) is 17.7. The molecule has 5 heteroatoms. The monoisotopic (exact) mass is 364 g/mol. The summed E-state index contributed by atoms with van der Waals surface area (Å²) in [6, 6.07) is 23.4. The SMILES string of the molecule is O=C(Cc1ccccc1)Nc1cc(C(=O)Nc2ccccc2)ccc1Cl. The van der Waals surface area contributed by atoms with Crippen LogP contribution in [0.25, 0.3) is 0 Å². The normalized spacial score (nSPS) is 10.2. The maximum absolute atomic E-state index is 12.4. The second-order valence-corrected chi connectivity index (χ2v) is 6.13. The first-order valence-electron chi connectivity index (χ1n) is 8.11. The Labute approximate surface area is 156 Å². The highest BCUT2D eigenvalue weighted by atomic mass is 35.5. The molecule has 0 saturated carbocycles. The van der Waals surface area contributed by atoms with Crippen molar-refractivity contribution in [1.29, 1.82) is 0 Å². The van der Waals surface area contributed by atoms with Crippen LogP contribution in [0.2, 0.25) is 5.02 Å². The summed E-state index contributed by atoms with van der Waals surface area (Å²) in [5.41, 5.74) is 2.42. The zero-order chi connectivity index (χ0) is 18.4. The first-order chi connectivity index (χ1) is 12.6. The lowest BCUT2D eigenvalue weighted by Gasteiger charge is -2.10. The van der Waals surface area contributed by atoms with Gasteiger partial charge in [0.2, 0.25) is 5.91 Å². The molecule has 0 saturated heterocycles. The van der Waals surface area contributed by atoms with Gasteiger partial charge in [0.25, 0.3) is 5.91 Å². The summed E-state index contributed by atoms with van der Waals surface area (Å²) >= 11 is 6.16. The highest BCUT2D eigenvalue weighted by molar-refractivity contribution is 6.34. The predicted molar refractivity (Wildman–Crippen MR) is 105 cm³/mol. The van der Waals surface area contributed by atoms with E-state index in [1.807, 2.05) is 48.5 Å². The van der Waals surface area contributed by atoms with Gasteiger partial charge < -0.3 is 10.6 Å². The maximum Gasteiger partial charge on any atom is 0.255 e. The van der Waals surface area contributed by atoms with E-state index in [-0.39, 0.29) is 18.2 Å². The van der Waals surface area contributed by atoms with E-state index in [2.05, 4.69) is 10.6 Å². The van der Waals surface area contributed by atoms with Crippen LogP contribution in [0.5, 0.6) is 0 Å². The minimum atomic E-state index is -0.272. The second kappa shape index (κ2) is 8.32. The van der Waals surface area contributed by atoms with E-state index in [1.165, 1.54) is 0 Å². The van der Waals surface area contributed by atoms with Crippen molar-refractivity contribution in [2.75, 3.05) is 10.6 Å². The van der Waals surface area contributed by atoms with Crippen molar-refractivity contribution in [3.8, 4) is 0 Å². The fourth-order valence-electron chi connectivity index (χ4n) is 2.46. The molecule has 0 spiro atoms. The largest absolute Gasteiger partial charge is 0.324 e. The fraction of sp³-hybridized carbons (Fsp3) is 0.0476. The summed E-state index contributed by atoms with van der Waals surface area (Å²) in [4.78, 5) is 24.6. The number of nitrogens with one attached hydrogen (secondary N) is 2. The Morgan fingerprint density at radius 2 is 1.46 bits per heavy atom. The number of halogens is 1. The van der Waals surface area contributed by atoms with Crippen LogP contribution in [0.3, 0.4) is 0 Å². The van der Waals surface area contributed by atoms with Gasteiger partial charge in [-0.3, -0.25) is 9.59 Å². The van der Waals surface area contributed by atoms with Crippen molar-refractivity contribution in [3.05, 3.63) is 95.0 Å². The highest BCUT2D eigenvalue weighted by Gasteiger charge is 2.12. The van der Waals surface area contributed by atoms with Crippen molar-refractivity contribution < 1.29 is 9.59 Å². The average molecular weight is 365 g/mol. The molecular weight excluding hydrogens is 348 g/mol.